The summed E-state index contributed by atoms with van der Waals surface area (Å²) >= 11 is 0. The van der Waals surface area contributed by atoms with E-state index < -0.39 is 87.3 Å². The highest BCUT2D eigenvalue weighted by atomic mass is 19.2. The van der Waals surface area contributed by atoms with Gasteiger partial charge in [0.15, 0.2) is 34.9 Å². The van der Waals surface area contributed by atoms with Crippen molar-refractivity contribution >= 4 is 11.9 Å². The van der Waals surface area contributed by atoms with E-state index in [-0.39, 0.29) is 17.2 Å². The van der Waals surface area contributed by atoms with Crippen molar-refractivity contribution in [1.82, 2.24) is 0 Å². The number of benzene rings is 3. The SMILES string of the molecule is O=C(O)c1ccc(OC2=C(F)C(F)C(Oc3ccc(C(=O)O)cc3)(c3cc(F)c(F)c(F)c3F)C(F)=C2F)cc1. The highest BCUT2D eigenvalue weighted by molar-refractivity contribution is 5.88. The largest absolute Gasteiger partial charge is 0.478 e. The highest BCUT2D eigenvalue weighted by Crippen LogP contribution is 2.51. The Bertz CT molecular complexity index is 1580. The molecule has 208 valence electrons. The number of carbonyl (C=O) groups is 2. The summed E-state index contributed by atoms with van der Waals surface area (Å²) in [6.07, 6.45) is -3.64. The predicted octanol–water partition coefficient (Wildman–Crippen LogP) is 6.68. The average molecular weight is 572 g/mol. The summed E-state index contributed by atoms with van der Waals surface area (Å²) < 4.78 is 129. The molecule has 0 amide bonds. The third-order valence-electron chi connectivity index (χ3n) is 5.72. The van der Waals surface area contributed by atoms with Crippen LogP contribution in [0.15, 0.2) is 77.8 Å². The minimum Gasteiger partial charge on any atom is -0.478 e. The van der Waals surface area contributed by atoms with Crippen LogP contribution >= 0.6 is 0 Å². The maximum absolute atomic E-state index is 15.8. The van der Waals surface area contributed by atoms with E-state index >= 15 is 17.6 Å². The normalized spacial score (nSPS) is 19.1. The van der Waals surface area contributed by atoms with E-state index in [1.54, 1.807) is 0 Å². The lowest BCUT2D eigenvalue weighted by Crippen LogP contribution is -2.48. The molecule has 0 saturated carbocycles. The molecule has 0 heterocycles. The fourth-order valence-electron chi connectivity index (χ4n) is 3.75. The van der Waals surface area contributed by atoms with Gasteiger partial charge < -0.3 is 19.7 Å². The van der Waals surface area contributed by atoms with Crippen molar-refractivity contribution in [1.29, 1.82) is 0 Å². The van der Waals surface area contributed by atoms with E-state index in [1.807, 2.05) is 0 Å². The standard InChI is InChI=1S/C26H12F8O6/c27-15-9-14(16(28)18(30)17(15)29)26(40-13-7-3-11(4-8-13)25(37)38)22(33)19(31)21(20(32)23(26)34)39-12-5-1-10(2-6-12)24(35)36/h1-9,22H,(H,35,36)(H,37,38). The number of carboxylic acid groups (broad SMARTS) is 2. The molecule has 0 aromatic heterocycles. The maximum Gasteiger partial charge on any atom is 0.335 e. The molecule has 0 aliphatic heterocycles. The molecule has 0 radical (unpaired) electrons. The lowest BCUT2D eigenvalue weighted by atomic mass is 9.82. The van der Waals surface area contributed by atoms with E-state index in [0.29, 0.717) is 0 Å². The summed E-state index contributed by atoms with van der Waals surface area (Å²) in [4.78, 5) is 22.1. The third-order valence-corrected chi connectivity index (χ3v) is 5.72. The fourth-order valence-corrected chi connectivity index (χ4v) is 3.75. The maximum atomic E-state index is 15.8. The van der Waals surface area contributed by atoms with Crippen LogP contribution in [0.3, 0.4) is 0 Å². The van der Waals surface area contributed by atoms with Gasteiger partial charge in [-0.1, -0.05) is 0 Å². The molecule has 6 nitrogen and oxygen atoms in total. The van der Waals surface area contributed by atoms with Gasteiger partial charge in [0.05, 0.1) is 11.1 Å². The van der Waals surface area contributed by atoms with Crippen molar-refractivity contribution in [2.75, 3.05) is 0 Å². The van der Waals surface area contributed by atoms with Crippen LogP contribution in [0, 0.1) is 23.3 Å². The second kappa shape index (κ2) is 10.4. The first-order valence-electron chi connectivity index (χ1n) is 10.8. The van der Waals surface area contributed by atoms with Gasteiger partial charge >= 0.3 is 11.9 Å². The number of halogens is 8. The van der Waals surface area contributed by atoms with Gasteiger partial charge in [0.2, 0.25) is 23.4 Å². The molecule has 40 heavy (non-hydrogen) atoms. The van der Waals surface area contributed by atoms with Crippen molar-refractivity contribution in [2.24, 2.45) is 0 Å². The lowest BCUT2D eigenvalue weighted by molar-refractivity contribution is -0.00944. The number of ether oxygens (including phenoxy) is 2. The molecule has 4 rings (SSSR count). The zero-order valence-corrected chi connectivity index (χ0v) is 19.3. The quantitative estimate of drug-likeness (QED) is 0.187. The summed E-state index contributed by atoms with van der Waals surface area (Å²) in [5, 5.41) is 17.9. The van der Waals surface area contributed by atoms with E-state index in [0.717, 1.165) is 48.5 Å². The Morgan fingerprint density at radius 2 is 1.23 bits per heavy atom. The lowest BCUT2D eigenvalue weighted by Gasteiger charge is -2.38. The molecule has 1 aliphatic carbocycles. The van der Waals surface area contributed by atoms with Crippen molar-refractivity contribution in [2.45, 2.75) is 11.8 Å². The molecule has 1 aliphatic rings. The fraction of sp³-hybridized carbons (Fsp3) is 0.0769. The molecule has 14 heteroatoms. The molecular weight excluding hydrogens is 560 g/mol. The van der Waals surface area contributed by atoms with E-state index in [1.165, 1.54) is 0 Å². The number of aromatic carboxylic acids is 2. The first kappa shape index (κ1) is 28.1. The second-order valence-electron chi connectivity index (χ2n) is 8.11. The van der Waals surface area contributed by atoms with Crippen LogP contribution < -0.4 is 9.47 Å². The summed E-state index contributed by atoms with van der Waals surface area (Å²) in [5.74, 6) is -22.6. The molecule has 0 bridgehead atoms. The van der Waals surface area contributed by atoms with Gasteiger partial charge in [0, 0.05) is 5.56 Å². The number of carboxylic acids is 2. The van der Waals surface area contributed by atoms with Crippen LogP contribution in [0.25, 0.3) is 0 Å². The third kappa shape index (κ3) is 4.61. The number of alkyl halides is 1. The summed E-state index contributed by atoms with van der Waals surface area (Å²) in [6.45, 7) is 0. The Morgan fingerprint density at radius 3 is 1.73 bits per heavy atom. The minimum atomic E-state index is -3.99. The number of allylic oxidation sites excluding steroid dienone is 1. The monoisotopic (exact) mass is 572 g/mol. The summed E-state index contributed by atoms with van der Waals surface area (Å²) in [6, 6.07) is 6.50. The van der Waals surface area contributed by atoms with Crippen LogP contribution in [0.5, 0.6) is 11.5 Å². The molecule has 2 atom stereocenters. The zero-order chi connectivity index (χ0) is 29.5. The molecule has 2 N–H and O–H groups in total. The van der Waals surface area contributed by atoms with Crippen LogP contribution in [-0.2, 0) is 5.60 Å². The minimum absolute atomic E-state index is 0.261. The molecule has 3 aromatic carbocycles. The number of hydrogen-bond acceptors (Lipinski definition) is 4. The Labute approximate surface area is 218 Å². The van der Waals surface area contributed by atoms with Gasteiger partial charge in [-0.05, 0) is 54.6 Å². The van der Waals surface area contributed by atoms with Crippen LogP contribution in [0.1, 0.15) is 26.3 Å². The average Bonchev–Trinajstić information content (AvgIpc) is 2.94. The molecule has 0 spiro atoms. The molecular formula is C26H12F8O6. The first-order valence-corrected chi connectivity index (χ1v) is 10.8. The Hall–Kier alpha value is -4.88. The van der Waals surface area contributed by atoms with Gasteiger partial charge in [-0.25, -0.2) is 40.3 Å². The first-order chi connectivity index (χ1) is 18.8. The highest BCUT2D eigenvalue weighted by Gasteiger charge is 2.59. The van der Waals surface area contributed by atoms with Gasteiger partial charge in [0.25, 0.3) is 0 Å². The van der Waals surface area contributed by atoms with Crippen LogP contribution in [-0.4, -0.2) is 28.3 Å². The van der Waals surface area contributed by atoms with Crippen molar-refractivity contribution in [3.63, 3.8) is 0 Å². The van der Waals surface area contributed by atoms with Crippen LogP contribution in [0.2, 0.25) is 0 Å². The Balaban J connectivity index is 1.90. The predicted molar refractivity (Wildman–Crippen MR) is 118 cm³/mol. The Morgan fingerprint density at radius 1 is 0.725 bits per heavy atom. The van der Waals surface area contributed by atoms with Crippen molar-refractivity contribution in [3.8, 4) is 11.5 Å². The van der Waals surface area contributed by atoms with Crippen LogP contribution in [0.4, 0.5) is 35.1 Å². The smallest absolute Gasteiger partial charge is 0.335 e. The molecule has 3 aromatic rings. The van der Waals surface area contributed by atoms with Crippen molar-refractivity contribution < 1.29 is 64.4 Å². The van der Waals surface area contributed by atoms with Gasteiger partial charge in [-0.3, -0.25) is 0 Å². The second-order valence-corrected chi connectivity index (χ2v) is 8.11. The van der Waals surface area contributed by atoms with E-state index in [4.69, 9.17) is 19.7 Å². The van der Waals surface area contributed by atoms with E-state index in [2.05, 4.69) is 0 Å². The summed E-state index contributed by atoms with van der Waals surface area (Å²) in [5.41, 5.74) is -6.48. The summed E-state index contributed by atoms with van der Waals surface area (Å²) in [7, 11) is 0. The van der Waals surface area contributed by atoms with E-state index in [9.17, 15) is 27.2 Å². The molecule has 0 fully saturated rings. The zero-order valence-electron chi connectivity index (χ0n) is 19.3. The van der Waals surface area contributed by atoms with Gasteiger partial charge in [-0.2, -0.15) is 4.39 Å². The number of hydrogen-bond donors (Lipinski definition) is 2. The molecule has 0 saturated heterocycles. The molecule has 2 unspecified atom stereocenters. The topological polar surface area (TPSA) is 93.1 Å². The van der Waals surface area contributed by atoms with Crippen molar-refractivity contribution in [3.05, 3.63) is 118 Å². The Kier molecular flexibility index (Phi) is 7.28. The number of rotatable bonds is 7. The van der Waals surface area contributed by atoms with Gasteiger partial charge in [0.1, 0.15) is 11.5 Å². The van der Waals surface area contributed by atoms with Gasteiger partial charge in [-0.15, -0.1) is 0 Å².